The Morgan fingerprint density at radius 3 is 2.67 bits per heavy atom. The third-order valence-electron chi connectivity index (χ3n) is 1.16. The number of alkyl halides is 1. The number of carbonyl (C=O) groups is 1. The Hall–Kier alpha value is 1.02. The average molecular weight is 318 g/mol. The fraction of sp³-hybridized carbons (Fsp3) is 0.875. The molecule has 0 aromatic rings. The normalized spacial score (nSPS) is 10.2. The van der Waals surface area contributed by atoms with Crippen molar-refractivity contribution in [3.63, 3.8) is 0 Å². The molecule has 0 unspecified atom stereocenters. The summed E-state index contributed by atoms with van der Waals surface area (Å²) in [5, 5.41) is 4.10. The second-order valence-corrected chi connectivity index (χ2v) is 6.98. The number of hydrogen-bond donors (Lipinski definition) is 0. The van der Waals surface area contributed by atoms with Gasteiger partial charge in [-0.3, -0.25) is 0 Å². The molecule has 0 bridgehead atoms. The minimum absolute atomic E-state index is 0.253. The van der Waals surface area contributed by atoms with Crippen LogP contribution in [0.4, 0.5) is 0 Å². The van der Waals surface area contributed by atoms with E-state index in [4.69, 9.17) is 0 Å². The van der Waals surface area contributed by atoms with Crippen LogP contribution in [0.1, 0.15) is 19.8 Å². The summed E-state index contributed by atoms with van der Waals surface area (Å²) in [6.07, 6.45) is 2.52. The van der Waals surface area contributed by atoms with E-state index in [1.807, 2.05) is 0 Å². The summed E-state index contributed by atoms with van der Waals surface area (Å²) in [7, 11) is 0. The van der Waals surface area contributed by atoms with Crippen LogP contribution >= 0.6 is 27.7 Å². The SMILES string of the molecule is CC(=O)SCCC[Se]CCCBr. The van der Waals surface area contributed by atoms with Crippen molar-refractivity contribution in [1.29, 1.82) is 0 Å². The second kappa shape index (κ2) is 10.1. The van der Waals surface area contributed by atoms with Crippen LogP contribution in [-0.2, 0) is 4.79 Å². The fourth-order valence-corrected chi connectivity index (χ4v) is 4.63. The third kappa shape index (κ3) is 11.0. The Labute approximate surface area is 93.7 Å². The molecule has 0 fully saturated rings. The topological polar surface area (TPSA) is 17.1 Å². The van der Waals surface area contributed by atoms with Gasteiger partial charge in [0.25, 0.3) is 0 Å². The molecule has 0 saturated heterocycles. The maximum absolute atomic E-state index is 10.5. The van der Waals surface area contributed by atoms with E-state index in [2.05, 4.69) is 15.9 Å². The van der Waals surface area contributed by atoms with E-state index in [1.54, 1.807) is 6.92 Å². The van der Waals surface area contributed by atoms with Crippen molar-refractivity contribution in [2.24, 2.45) is 0 Å². The summed E-state index contributed by atoms with van der Waals surface area (Å²) in [6.45, 7) is 1.64. The van der Waals surface area contributed by atoms with Crippen LogP contribution in [0, 0.1) is 0 Å². The summed E-state index contributed by atoms with van der Waals surface area (Å²) in [5.41, 5.74) is 0. The van der Waals surface area contributed by atoms with E-state index in [1.165, 1.54) is 35.2 Å². The van der Waals surface area contributed by atoms with Gasteiger partial charge in [-0.2, -0.15) is 0 Å². The standard InChI is InChI=1S/C8H15BrOSSe/c1-8(10)11-5-3-7-12-6-2-4-9/h2-7H2,1H3. The van der Waals surface area contributed by atoms with Crippen LogP contribution < -0.4 is 0 Å². The van der Waals surface area contributed by atoms with Gasteiger partial charge in [0.15, 0.2) is 0 Å². The van der Waals surface area contributed by atoms with Crippen molar-refractivity contribution in [3.8, 4) is 0 Å². The molecule has 0 aromatic carbocycles. The van der Waals surface area contributed by atoms with Gasteiger partial charge in [-0.05, 0) is 0 Å². The molecule has 0 aromatic heterocycles. The number of thioether (sulfide) groups is 1. The Bertz CT molecular complexity index is 122. The van der Waals surface area contributed by atoms with Gasteiger partial charge in [0.05, 0.1) is 0 Å². The molecule has 0 rings (SSSR count). The van der Waals surface area contributed by atoms with E-state index in [9.17, 15) is 4.79 Å². The van der Waals surface area contributed by atoms with Crippen molar-refractivity contribution >= 4 is 47.8 Å². The molecule has 0 saturated carbocycles. The van der Waals surface area contributed by atoms with Crippen molar-refractivity contribution in [2.45, 2.75) is 30.4 Å². The van der Waals surface area contributed by atoms with Gasteiger partial charge in [-0.1, -0.05) is 0 Å². The molecule has 0 aliphatic rings. The van der Waals surface area contributed by atoms with Crippen molar-refractivity contribution in [1.82, 2.24) is 0 Å². The van der Waals surface area contributed by atoms with Gasteiger partial charge in [-0.15, -0.1) is 0 Å². The Kier molecular flexibility index (Phi) is 11.0. The molecule has 72 valence electrons. The Morgan fingerprint density at radius 2 is 2.08 bits per heavy atom. The van der Waals surface area contributed by atoms with E-state index >= 15 is 0 Å². The van der Waals surface area contributed by atoms with E-state index < -0.39 is 0 Å². The molecule has 0 spiro atoms. The number of halogens is 1. The first-order valence-electron chi connectivity index (χ1n) is 4.04. The van der Waals surface area contributed by atoms with Crippen molar-refractivity contribution < 1.29 is 4.79 Å². The molecule has 0 aliphatic heterocycles. The van der Waals surface area contributed by atoms with E-state index in [-0.39, 0.29) is 5.12 Å². The predicted molar refractivity (Wildman–Crippen MR) is 61.5 cm³/mol. The number of hydrogen-bond acceptors (Lipinski definition) is 2. The average Bonchev–Trinajstić information content (AvgIpc) is 2.02. The zero-order valence-corrected chi connectivity index (χ0v) is 11.5. The molecule has 0 amide bonds. The molecule has 1 nitrogen and oxygen atoms in total. The number of carbonyl (C=O) groups excluding carboxylic acids is 1. The molecule has 12 heavy (non-hydrogen) atoms. The Morgan fingerprint density at radius 1 is 1.42 bits per heavy atom. The first-order valence-corrected chi connectivity index (χ1v) is 8.57. The van der Waals surface area contributed by atoms with Crippen molar-refractivity contribution in [2.75, 3.05) is 11.1 Å². The zero-order valence-electron chi connectivity index (χ0n) is 7.35. The molecule has 0 radical (unpaired) electrons. The van der Waals surface area contributed by atoms with Gasteiger partial charge >= 0.3 is 94.0 Å². The molecular formula is C8H15BrOSSe. The monoisotopic (exact) mass is 318 g/mol. The van der Waals surface area contributed by atoms with Gasteiger partial charge in [-0.25, -0.2) is 0 Å². The molecule has 4 heteroatoms. The summed E-state index contributed by atoms with van der Waals surface area (Å²) in [4.78, 5) is 10.5. The summed E-state index contributed by atoms with van der Waals surface area (Å²) in [6, 6.07) is 0. The van der Waals surface area contributed by atoms with Gasteiger partial charge in [0, 0.05) is 0 Å². The van der Waals surface area contributed by atoms with Crippen LogP contribution in [0.3, 0.4) is 0 Å². The molecular weight excluding hydrogens is 303 g/mol. The van der Waals surface area contributed by atoms with Crippen LogP contribution in [0.5, 0.6) is 0 Å². The van der Waals surface area contributed by atoms with Crippen molar-refractivity contribution in [3.05, 3.63) is 0 Å². The van der Waals surface area contributed by atoms with Crippen LogP contribution in [-0.4, -0.2) is 31.2 Å². The molecule has 0 N–H and O–H groups in total. The van der Waals surface area contributed by atoms with E-state index in [0.717, 1.165) is 26.0 Å². The number of rotatable bonds is 7. The molecule has 0 aliphatic carbocycles. The summed E-state index contributed by atoms with van der Waals surface area (Å²) in [5.74, 6) is 1.02. The fourth-order valence-electron chi connectivity index (χ4n) is 0.636. The predicted octanol–water partition coefficient (Wildman–Crippen LogP) is 2.98. The molecule has 0 heterocycles. The summed E-state index contributed by atoms with van der Waals surface area (Å²) < 4.78 is 0. The molecule has 0 atom stereocenters. The van der Waals surface area contributed by atoms with E-state index in [0.29, 0.717) is 0 Å². The quantitative estimate of drug-likeness (QED) is 0.408. The third-order valence-corrected chi connectivity index (χ3v) is 5.04. The first-order chi connectivity index (χ1) is 5.77. The van der Waals surface area contributed by atoms with Crippen LogP contribution in [0.15, 0.2) is 0 Å². The summed E-state index contributed by atoms with van der Waals surface area (Å²) >= 11 is 5.68. The van der Waals surface area contributed by atoms with Crippen LogP contribution in [0.25, 0.3) is 0 Å². The van der Waals surface area contributed by atoms with Crippen LogP contribution in [0.2, 0.25) is 10.6 Å². The van der Waals surface area contributed by atoms with Gasteiger partial charge in [0.1, 0.15) is 0 Å². The maximum atomic E-state index is 10.5. The van der Waals surface area contributed by atoms with Gasteiger partial charge in [0.2, 0.25) is 0 Å². The zero-order chi connectivity index (χ0) is 9.23. The minimum atomic E-state index is 0.253. The van der Waals surface area contributed by atoms with Gasteiger partial charge < -0.3 is 0 Å². The second-order valence-electron chi connectivity index (χ2n) is 2.35. The first kappa shape index (κ1) is 13.0. The Balaban J connectivity index is 2.86.